The van der Waals surface area contributed by atoms with E-state index in [4.69, 9.17) is 4.74 Å². The van der Waals surface area contributed by atoms with Crippen molar-refractivity contribution in [3.8, 4) is 5.75 Å². The standard InChI is InChI=1S/C22H26F2O5/c1-2-21(11-14-10-18(21)17-5-3-4-16(14)17)29-15-8-6-13(7-9-15)19(25)28-12-22(23,24)20(26)27/h6-9,14,16-18H,2-5,10-12H2,1H3,(H,26,27)/p-1. The Hall–Kier alpha value is -2.18. The number of alkyl halides is 2. The van der Waals surface area contributed by atoms with E-state index in [0.29, 0.717) is 11.7 Å². The van der Waals surface area contributed by atoms with Gasteiger partial charge in [-0.25, -0.2) is 4.79 Å². The molecule has 5 nitrogen and oxygen atoms in total. The first kappa shape index (κ1) is 20.1. The van der Waals surface area contributed by atoms with Crippen molar-refractivity contribution in [1.29, 1.82) is 0 Å². The van der Waals surface area contributed by atoms with Gasteiger partial charge in [0.2, 0.25) is 0 Å². The molecule has 3 fully saturated rings. The van der Waals surface area contributed by atoms with E-state index < -0.39 is 24.5 Å². The molecule has 3 aliphatic rings. The first-order valence-electron chi connectivity index (χ1n) is 10.3. The second kappa shape index (κ2) is 7.26. The van der Waals surface area contributed by atoms with E-state index in [1.165, 1.54) is 37.8 Å². The fraction of sp³-hybridized carbons (Fsp3) is 0.636. The highest BCUT2D eigenvalue weighted by Gasteiger charge is 2.61. The van der Waals surface area contributed by atoms with Crippen LogP contribution < -0.4 is 9.84 Å². The highest BCUT2D eigenvalue weighted by molar-refractivity contribution is 5.89. The van der Waals surface area contributed by atoms with Gasteiger partial charge in [-0.3, -0.25) is 0 Å². The molecule has 0 amide bonds. The summed E-state index contributed by atoms with van der Waals surface area (Å²) in [6.07, 6.45) is 7.19. The van der Waals surface area contributed by atoms with Crippen LogP contribution in [0.3, 0.4) is 0 Å². The number of ether oxygens (including phenoxy) is 2. The van der Waals surface area contributed by atoms with E-state index in [0.717, 1.165) is 30.6 Å². The average Bonchev–Trinajstić information content (AvgIpc) is 3.39. The summed E-state index contributed by atoms with van der Waals surface area (Å²) in [7, 11) is 0. The molecular weight excluding hydrogens is 382 g/mol. The molecule has 0 aliphatic heterocycles. The topological polar surface area (TPSA) is 75.7 Å². The van der Waals surface area contributed by atoms with Crippen LogP contribution in [0.15, 0.2) is 24.3 Å². The minimum absolute atomic E-state index is 0.0563. The second-order valence-electron chi connectivity index (χ2n) is 8.68. The number of carboxylic acids is 1. The quantitative estimate of drug-likeness (QED) is 0.649. The number of halogens is 2. The summed E-state index contributed by atoms with van der Waals surface area (Å²) >= 11 is 0. The van der Waals surface area contributed by atoms with Crippen LogP contribution in [0, 0.1) is 23.7 Å². The van der Waals surface area contributed by atoms with Crippen molar-refractivity contribution in [2.75, 3.05) is 6.61 Å². The summed E-state index contributed by atoms with van der Waals surface area (Å²) in [5.74, 6) is -4.23. The maximum absolute atomic E-state index is 13.0. The number of aliphatic carboxylic acids is 1. The molecule has 1 aromatic carbocycles. The first-order chi connectivity index (χ1) is 13.8. The summed E-state index contributed by atoms with van der Waals surface area (Å²) in [4.78, 5) is 22.2. The lowest BCUT2D eigenvalue weighted by molar-refractivity contribution is -0.331. The van der Waals surface area contributed by atoms with Gasteiger partial charge in [0.25, 0.3) is 0 Å². The number of carbonyl (C=O) groups excluding carboxylic acids is 2. The Morgan fingerprint density at radius 3 is 2.55 bits per heavy atom. The largest absolute Gasteiger partial charge is 0.544 e. The third-order valence-electron chi connectivity index (χ3n) is 7.28. The molecule has 0 N–H and O–H groups in total. The molecule has 1 aromatic rings. The molecule has 2 bridgehead atoms. The molecule has 0 radical (unpaired) electrons. The van der Waals surface area contributed by atoms with E-state index in [1.54, 1.807) is 12.1 Å². The highest BCUT2D eigenvalue weighted by atomic mass is 19.3. The van der Waals surface area contributed by atoms with E-state index in [9.17, 15) is 23.5 Å². The molecule has 0 aromatic heterocycles. The van der Waals surface area contributed by atoms with Gasteiger partial charge < -0.3 is 19.4 Å². The van der Waals surface area contributed by atoms with Crippen LogP contribution in [-0.4, -0.2) is 30.1 Å². The predicted octanol–water partition coefficient (Wildman–Crippen LogP) is 3.21. The molecular formula is C22H25F2O5-. The molecule has 0 heterocycles. The van der Waals surface area contributed by atoms with Crippen molar-refractivity contribution in [2.45, 2.75) is 57.0 Å². The average molecular weight is 407 g/mol. The highest BCUT2D eigenvalue weighted by Crippen LogP contribution is 2.64. The Labute approximate surface area is 168 Å². The van der Waals surface area contributed by atoms with E-state index >= 15 is 0 Å². The van der Waals surface area contributed by atoms with Gasteiger partial charge in [-0.1, -0.05) is 13.3 Å². The second-order valence-corrected chi connectivity index (χ2v) is 8.68. The Morgan fingerprint density at radius 1 is 1.21 bits per heavy atom. The first-order valence-corrected chi connectivity index (χ1v) is 10.3. The van der Waals surface area contributed by atoms with Gasteiger partial charge in [0.05, 0.1) is 5.56 Å². The normalized spacial score (nSPS) is 32.8. The lowest BCUT2D eigenvalue weighted by Crippen LogP contribution is -2.45. The fourth-order valence-corrected chi connectivity index (χ4v) is 6.00. The monoisotopic (exact) mass is 407 g/mol. The maximum atomic E-state index is 13.0. The fourth-order valence-electron chi connectivity index (χ4n) is 6.00. The maximum Gasteiger partial charge on any atom is 0.338 e. The van der Waals surface area contributed by atoms with Gasteiger partial charge in [-0.2, -0.15) is 8.78 Å². The Kier molecular flexibility index (Phi) is 5.03. The number of fused-ring (bicyclic) bond motifs is 5. The van der Waals surface area contributed by atoms with Crippen LogP contribution in [0.1, 0.15) is 55.8 Å². The molecule has 29 heavy (non-hydrogen) atoms. The zero-order valence-electron chi connectivity index (χ0n) is 16.4. The SMILES string of the molecule is CCC1(Oc2ccc(C(=O)OCC(F)(F)C(=O)[O-])cc2)CC2CC1C1CCCC21. The summed E-state index contributed by atoms with van der Waals surface area (Å²) in [6.45, 7) is 0.602. The van der Waals surface area contributed by atoms with Crippen LogP contribution in [-0.2, 0) is 9.53 Å². The molecule has 5 atom stereocenters. The lowest BCUT2D eigenvalue weighted by Gasteiger charge is -2.42. The van der Waals surface area contributed by atoms with Crippen LogP contribution in [0.4, 0.5) is 8.78 Å². The Balaban J connectivity index is 1.41. The Bertz CT molecular complexity index is 793. The van der Waals surface area contributed by atoms with Crippen molar-refractivity contribution in [3.63, 3.8) is 0 Å². The van der Waals surface area contributed by atoms with Gasteiger partial charge >= 0.3 is 11.9 Å². The number of hydrogen-bond acceptors (Lipinski definition) is 5. The zero-order valence-corrected chi connectivity index (χ0v) is 16.4. The van der Waals surface area contributed by atoms with Crippen molar-refractivity contribution in [1.82, 2.24) is 0 Å². The molecule has 3 aliphatic carbocycles. The summed E-state index contributed by atoms with van der Waals surface area (Å²) in [6, 6.07) is 6.18. The molecule has 5 unspecified atom stereocenters. The summed E-state index contributed by atoms with van der Waals surface area (Å²) in [5.41, 5.74) is -0.116. The third kappa shape index (κ3) is 3.49. The lowest BCUT2D eigenvalue weighted by atomic mass is 9.71. The van der Waals surface area contributed by atoms with E-state index in [2.05, 4.69) is 11.7 Å². The van der Waals surface area contributed by atoms with Crippen molar-refractivity contribution >= 4 is 11.9 Å². The predicted molar refractivity (Wildman–Crippen MR) is 97.4 cm³/mol. The Morgan fingerprint density at radius 2 is 1.90 bits per heavy atom. The van der Waals surface area contributed by atoms with Gasteiger partial charge in [0.15, 0.2) is 6.61 Å². The summed E-state index contributed by atoms with van der Waals surface area (Å²) in [5, 5.41) is 10.3. The molecule has 3 saturated carbocycles. The van der Waals surface area contributed by atoms with Crippen LogP contribution in [0.2, 0.25) is 0 Å². The van der Waals surface area contributed by atoms with Crippen LogP contribution >= 0.6 is 0 Å². The van der Waals surface area contributed by atoms with Gasteiger partial charge in [0.1, 0.15) is 17.3 Å². The van der Waals surface area contributed by atoms with Crippen molar-refractivity contribution in [3.05, 3.63) is 29.8 Å². The third-order valence-corrected chi connectivity index (χ3v) is 7.28. The number of hydrogen-bond donors (Lipinski definition) is 0. The summed E-state index contributed by atoms with van der Waals surface area (Å²) < 4.78 is 36.9. The molecule has 7 heteroatoms. The number of carbonyl (C=O) groups is 2. The number of esters is 1. The van der Waals surface area contributed by atoms with Gasteiger partial charge in [-0.05, 0) is 74.1 Å². The molecule has 0 spiro atoms. The van der Waals surface area contributed by atoms with E-state index in [1.807, 2.05) is 0 Å². The molecule has 0 saturated heterocycles. The van der Waals surface area contributed by atoms with Gasteiger partial charge in [-0.15, -0.1) is 0 Å². The van der Waals surface area contributed by atoms with E-state index in [-0.39, 0.29) is 11.2 Å². The van der Waals surface area contributed by atoms with Crippen LogP contribution in [0.25, 0.3) is 0 Å². The molecule has 158 valence electrons. The van der Waals surface area contributed by atoms with Crippen molar-refractivity contribution < 1.29 is 33.0 Å². The van der Waals surface area contributed by atoms with Crippen LogP contribution in [0.5, 0.6) is 5.75 Å². The smallest absolute Gasteiger partial charge is 0.338 e. The van der Waals surface area contributed by atoms with Gasteiger partial charge in [0, 0.05) is 5.92 Å². The minimum atomic E-state index is -4.22. The minimum Gasteiger partial charge on any atom is -0.544 e. The number of rotatable bonds is 7. The van der Waals surface area contributed by atoms with Crippen molar-refractivity contribution in [2.24, 2.45) is 23.7 Å². The molecule has 4 rings (SSSR count). The zero-order chi connectivity index (χ0) is 20.8. The number of carboxylic acid groups (broad SMARTS) is 1. The number of benzene rings is 1.